The Morgan fingerprint density at radius 1 is 1.27 bits per heavy atom. The summed E-state index contributed by atoms with van der Waals surface area (Å²) in [4.78, 5) is 0. The van der Waals surface area contributed by atoms with Crippen molar-refractivity contribution in [1.82, 2.24) is 0 Å². The molecule has 0 bridgehead atoms. The molecule has 0 amide bonds. The fraction of sp³-hybridized carbons (Fsp3) is 0.500. The van der Waals surface area contributed by atoms with Crippen LogP contribution in [0.1, 0.15) is 36.3 Å². The van der Waals surface area contributed by atoms with Crippen molar-refractivity contribution in [2.45, 2.75) is 31.6 Å². The molecule has 1 atom stereocenters. The molecule has 15 heavy (non-hydrogen) atoms. The standard InChI is InChI=1S/C12H17NO2/c13-7-8-3-1-2-4-10-9(8)5-6-11(14)12(10)15/h5-6,8,14-15H,1-4,7,13H2/t8-/m0/s1. The van der Waals surface area contributed by atoms with Crippen LogP contribution in [0.15, 0.2) is 12.1 Å². The first-order chi connectivity index (χ1) is 7.24. The van der Waals surface area contributed by atoms with Gasteiger partial charge in [-0.15, -0.1) is 0 Å². The van der Waals surface area contributed by atoms with Gasteiger partial charge in [0, 0.05) is 5.56 Å². The fourth-order valence-corrected chi connectivity index (χ4v) is 2.38. The predicted molar refractivity (Wildman–Crippen MR) is 59.1 cm³/mol. The molecule has 1 aliphatic rings. The summed E-state index contributed by atoms with van der Waals surface area (Å²) in [6, 6.07) is 3.45. The zero-order valence-corrected chi connectivity index (χ0v) is 8.74. The second-order valence-corrected chi connectivity index (χ2v) is 4.18. The minimum atomic E-state index is -0.0218. The Hall–Kier alpha value is -1.22. The zero-order valence-electron chi connectivity index (χ0n) is 8.74. The Morgan fingerprint density at radius 3 is 2.80 bits per heavy atom. The number of hydrogen-bond donors (Lipinski definition) is 3. The first-order valence-electron chi connectivity index (χ1n) is 5.47. The topological polar surface area (TPSA) is 66.5 Å². The maximum atomic E-state index is 9.79. The van der Waals surface area contributed by atoms with E-state index in [-0.39, 0.29) is 11.5 Å². The van der Waals surface area contributed by atoms with E-state index in [1.165, 1.54) is 0 Å². The molecule has 0 radical (unpaired) electrons. The summed E-state index contributed by atoms with van der Waals surface area (Å²) in [7, 11) is 0. The average Bonchev–Trinajstić information content (AvgIpc) is 2.45. The SMILES string of the molecule is NC[C@@H]1CCCCc2c1ccc(O)c2O. The molecule has 2 rings (SSSR count). The van der Waals surface area contributed by atoms with Gasteiger partial charge in [0.1, 0.15) is 0 Å². The lowest BCUT2D eigenvalue weighted by Gasteiger charge is -2.16. The van der Waals surface area contributed by atoms with Crippen LogP contribution in [0.2, 0.25) is 0 Å². The number of rotatable bonds is 1. The van der Waals surface area contributed by atoms with E-state index in [2.05, 4.69) is 0 Å². The normalized spacial score (nSPS) is 20.7. The van der Waals surface area contributed by atoms with Crippen LogP contribution in [0, 0.1) is 0 Å². The van der Waals surface area contributed by atoms with E-state index in [4.69, 9.17) is 5.73 Å². The molecular weight excluding hydrogens is 190 g/mol. The Balaban J connectivity index is 2.49. The third-order valence-corrected chi connectivity index (χ3v) is 3.25. The molecule has 0 unspecified atom stereocenters. The van der Waals surface area contributed by atoms with Crippen molar-refractivity contribution in [2.24, 2.45) is 5.73 Å². The van der Waals surface area contributed by atoms with Crippen molar-refractivity contribution in [3.63, 3.8) is 0 Å². The zero-order chi connectivity index (χ0) is 10.8. The molecule has 82 valence electrons. The predicted octanol–water partition coefficient (Wildman–Crippen LogP) is 1.87. The molecule has 0 aromatic heterocycles. The molecule has 3 nitrogen and oxygen atoms in total. The molecule has 3 heteroatoms. The van der Waals surface area contributed by atoms with E-state index in [1.807, 2.05) is 6.07 Å². The van der Waals surface area contributed by atoms with E-state index in [0.29, 0.717) is 12.5 Å². The third-order valence-electron chi connectivity index (χ3n) is 3.25. The third kappa shape index (κ3) is 1.79. The highest BCUT2D eigenvalue weighted by atomic mass is 16.3. The van der Waals surface area contributed by atoms with Crippen molar-refractivity contribution in [1.29, 1.82) is 0 Å². The van der Waals surface area contributed by atoms with Gasteiger partial charge < -0.3 is 15.9 Å². The van der Waals surface area contributed by atoms with Gasteiger partial charge in [-0.25, -0.2) is 0 Å². The van der Waals surface area contributed by atoms with Crippen LogP contribution >= 0.6 is 0 Å². The Labute approximate surface area is 89.5 Å². The lowest BCUT2D eigenvalue weighted by atomic mass is 9.92. The van der Waals surface area contributed by atoms with Gasteiger partial charge >= 0.3 is 0 Å². The Morgan fingerprint density at radius 2 is 2.07 bits per heavy atom. The van der Waals surface area contributed by atoms with Crippen molar-refractivity contribution >= 4 is 0 Å². The van der Waals surface area contributed by atoms with Crippen LogP contribution in [-0.2, 0) is 6.42 Å². The molecule has 0 fully saturated rings. The van der Waals surface area contributed by atoms with Crippen LogP contribution in [-0.4, -0.2) is 16.8 Å². The van der Waals surface area contributed by atoms with Crippen molar-refractivity contribution < 1.29 is 10.2 Å². The largest absolute Gasteiger partial charge is 0.504 e. The lowest BCUT2D eigenvalue weighted by molar-refractivity contribution is 0.398. The molecule has 0 saturated carbocycles. The summed E-state index contributed by atoms with van der Waals surface area (Å²) in [6.07, 6.45) is 4.11. The highest BCUT2D eigenvalue weighted by Gasteiger charge is 2.21. The molecule has 4 N–H and O–H groups in total. The molecule has 1 aromatic carbocycles. The van der Waals surface area contributed by atoms with E-state index < -0.39 is 0 Å². The Bertz CT molecular complexity index is 363. The van der Waals surface area contributed by atoms with Gasteiger partial charge in [0.2, 0.25) is 0 Å². The van der Waals surface area contributed by atoms with Crippen molar-refractivity contribution in [3.8, 4) is 11.5 Å². The number of benzene rings is 1. The van der Waals surface area contributed by atoms with Crippen LogP contribution < -0.4 is 5.73 Å². The maximum Gasteiger partial charge on any atom is 0.160 e. The van der Waals surface area contributed by atoms with Gasteiger partial charge in [0.05, 0.1) is 0 Å². The molecule has 0 heterocycles. The minimum Gasteiger partial charge on any atom is -0.504 e. The second kappa shape index (κ2) is 4.11. The number of phenolic OH excluding ortho intramolecular Hbond substituents is 2. The maximum absolute atomic E-state index is 9.79. The molecule has 0 saturated heterocycles. The molecule has 0 spiro atoms. The molecule has 1 aromatic rings. The first-order valence-corrected chi connectivity index (χ1v) is 5.47. The van der Waals surface area contributed by atoms with Gasteiger partial charge in [0.25, 0.3) is 0 Å². The smallest absolute Gasteiger partial charge is 0.160 e. The highest BCUT2D eigenvalue weighted by molar-refractivity contribution is 5.50. The number of fused-ring (bicyclic) bond motifs is 1. The van der Waals surface area contributed by atoms with Gasteiger partial charge in [0.15, 0.2) is 11.5 Å². The first kappa shape index (κ1) is 10.3. The van der Waals surface area contributed by atoms with E-state index >= 15 is 0 Å². The second-order valence-electron chi connectivity index (χ2n) is 4.18. The number of aromatic hydroxyl groups is 2. The van der Waals surface area contributed by atoms with Crippen LogP contribution in [0.25, 0.3) is 0 Å². The highest BCUT2D eigenvalue weighted by Crippen LogP contribution is 2.39. The van der Waals surface area contributed by atoms with Crippen LogP contribution in [0.5, 0.6) is 11.5 Å². The van der Waals surface area contributed by atoms with Crippen molar-refractivity contribution in [2.75, 3.05) is 6.54 Å². The number of hydrogen-bond acceptors (Lipinski definition) is 3. The van der Waals surface area contributed by atoms with E-state index in [0.717, 1.165) is 36.8 Å². The fourth-order valence-electron chi connectivity index (χ4n) is 2.38. The molecule has 1 aliphatic carbocycles. The van der Waals surface area contributed by atoms with Crippen LogP contribution in [0.4, 0.5) is 0 Å². The lowest BCUT2D eigenvalue weighted by Crippen LogP contribution is -2.12. The molecule has 0 aliphatic heterocycles. The quantitative estimate of drug-likeness (QED) is 0.486. The number of nitrogens with two attached hydrogens (primary N) is 1. The van der Waals surface area contributed by atoms with E-state index in [1.54, 1.807) is 6.07 Å². The average molecular weight is 207 g/mol. The summed E-state index contributed by atoms with van der Waals surface area (Å²) >= 11 is 0. The van der Waals surface area contributed by atoms with Gasteiger partial charge in [-0.2, -0.15) is 0 Å². The minimum absolute atomic E-state index is 0.0218. The van der Waals surface area contributed by atoms with Crippen LogP contribution in [0.3, 0.4) is 0 Å². The van der Waals surface area contributed by atoms with Gasteiger partial charge in [-0.05, 0) is 43.4 Å². The summed E-state index contributed by atoms with van der Waals surface area (Å²) in [5, 5.41) is 19.2. The Kier molecular flexibility index (Phi) is 2.82. The van der Waals surface area contributed by atoms with Gasteiger partial charge in [-0.1, -0.05) is 12.5 Å². The summed E-state index contributed by atoms with van der Waals surface area (Å²) < 4.78 is 0. The monoisotopic (exact) mass is 207 g/mol. The summed E-state index contributed by atoms with van der Waals surface area (Å²) in [5.41, 5.74) is 7.74. The summed E-state index contributed by atoms with van der Waals surface area (Å²) in [6.45, 7) is 0.608. The van der Waals surface area contributed by atoms with E-state index in [9.17, 15) is 10.2 Å². The van der Waals surface area contributed by atoms with Gasteiger partial charge in [-0.3, -0.25) is 0 Å². The number of phenols is 2. The van der Waals surface area contributed by atoms with Crippen molar-refractivity contribution in [3.05, 3.63) is 23.3 Å². The molecular formula is C12H17NO2. The summed E-state index contributed by atoms with van der Waals surface area (Å²) in [5.74, 6) is 0.355.